The van der Waals surface area contributed by atoms with Crippen LogP contribution in [-0.4, -0.2) is 19.3 Å². The fourth-order valence-electron chi connectivity index (χ4n) is 2.56. The van der Waals surface area contributed by atoms with Crippen LogP contribution in [0.4, 0.5) is 5.69 Å². The quantitative estimate of drug-likeness (QED) is 0.636. The van der Waals surface area contributed by atoms with Crippen molar-refractivity contribution in [1.29, 1.82) is 0 Å². The highest BCUT2D eigenvalue weighted by Crippen LogP contribution is 2.28. The normalized spacial score (nSPS) is 10.1. The molecule has 136 valence electrons. The van der Waals surface area contributed by atoms with Crippen molar-refractivity contribution in [2.75, 3.05) is 12.4 Å². The van der Waals surface area contributed by atoms with Gasteiger partial charge in [-0.3, -0.25) is 9.59 Å². The van der Waals surface area contributed by atoms with E-state index in [2.05, 4.69) is 5.32 Å². The smallest absolute Gasteiger partial charge is 0.255 e. The Labute approximate surface area is 157 Å². The maximum atomic E-state index is 12.4. The zero-order valence-electron chi connectivity index (χ0n) is 14.8. The molecule has 1 amide bonds. The lowest BCUT2D eigenvalue weighted by molar-refractivity contribution is 0.102. The second-order valence-corrected chi connectivity index (χ2v) is 5.84. The van der Waals surface area contributed by atoms with Gasteiger partial charge >= 0.3 is 0 Å². The van der Waals surface area contributed by atoms with E-state index in [0.29, 0.717) is 22.6 Å². The summed E-state index contributed by atoms with van der Waals surface area (Å²) in [4.78, 5) is 23.3. The Morgan fingerprint density at radius 2 is 1.78 bits per heavy atom. The Morgan fingerprint density at radius 3 is 2.52 bits per heavy atom. The number of rotatable bonds is 7. The predicted octanol–water partition coefficient (Wildman–Crippen LogP) is 4.34. The SMILES string of the molecule is COc1cc(C=O)ccc1OCc1cccc(C(=O)Nc2ccccc2)c1. The molecule has 5 nitrogen and oxygen atoms in total. The molecule has 0 aliphatic heterocycles. The zero-order valence-corrected chi connectivity index (χ0v) is 14.8. The highest BCUT2D eigenvalue weighted by atomic mass is 16.5. The van der Waals surface area contributed by atoms with Crippen LogP contribution in [0.2, 0.25) is 0 Å². The average Bonchev–Trinajstić information content (AvgIpc) is 2.73. The van der Waals surface area contributed by atoms with Gasteiger partial charge in [-0.15, -0.1) is 0 Å². The lowest BCUT2D eigenvalue weighted by Crippen LogP contribution is -2.12. The fraction of sp³-hybridized carbons (Fsp3) is 0.0909. The van der Waals surface area contributed by atoms with E-state index in [0.717, 1.165) is 17.5 Å². The third kappa shape index (κ3) is 4.73. The monoisotopic (exact) mass is 361 g/mol. The van der Waals surface area contributed by atoms with Crippen molar-refractivity contribution in [3.63, 3.8) is 0 Å². The van der Waals surface area contributed by atoms with Gasteiger partial charge in [0.1, 0.15) is 12.9 Å². The van der Waals surface area contributed by atoms with Crippen molar-refractivity contribution in [3.05, 3.63) is 89.5 Å². The summed E-state index contributed by atoms with van der Waals surface area (Å²) in [7, 11) is 1.52. The molecule has 0 heterocycles. The molecule has 5 heteroatoms. The van der Waals surface area contributed by atoms with E-state index in [1.54, 1.807) is 30.3 Å². The number of nitrogens with one attached hydrogen (secondary N) is 1. The average molecular weight is 361 g/mol. The summed E-state index contributed by atoms with van der Waals surface area (Å²) in [6.45, 7) is 0.267. The highest BCUT2D eigenvalue weighted by molar-refractivity contribution is 6.04. The fourth-order valence-corrected chi connectivity index (χ4v) is 2.56. The van der Waals surface area contributed by atoms with E-state index >= 15 is 0 Å². The number of hydrogen-bond donors (Lipinski definition) is 1. The number of para-hydroxylation sites is 1. The Morgan fingerprint density at radius 1 is 0.963 bits per heavy atom. The van der Waals surface area contributed by atoms with Crippen molar-refractivity contribution < 1.29 is 19.1 Å². The summed E-state index contributed by atoms with van der Waals surface area (Å²) >= 11 is 0. The molecule has 0 aliphatic carbocycles. The van der Waals surface area contributed by atoms with Crippen molar-refractivity contribution in [2.24, 2.45) is 0 Å². The van der Waals surface area contributed by atoms with Crippen molar-refractivity contribution >= 4 is 17.9 Å². The summed E-state index contributed by atoms with van der Waals surface area (Å²) in [6.07, 6.45) is 0.751. The van der Waals surface area contributed by atoms with Gasteiger partial charge in [0.25, 0.3) is 5.91 Å². The number of amides is 1. The zero-order chi connectivity index (χ0) is 19.1. The Balaban J connectivity index is 1.69. The number of aldehydes is 1. The van der Waals surface area contributed by atoms with Crippen molar-refractivity contribution in [2.45, 2.75) is 6.61 Å². The molecule has 27 heavy (non-hydrogen) atoms. The number of benzene rings is 3. The van der Waals surface area contributed by atoms with Gasteiger partial charge in [0.05, 0.1) is 7.11 Å². The van der Waals surface area contributed by atoms with Crippen LogP contribution in [0.5, 0.6) is 11.5 Å². The van der Waals surface area contributed by atoms with Crippen molar-refractivity contribution in [3.8, 4) is 11.5 Å². The second kappa shape index (κ2) is 8.67. The standard InChI is InChI=1S/C22H19NO4/c1-26-21-13-16(14-24)10-11-20(21)27-15-17-6-5-7-18(12-17)22(25)23-19-8-3-2-4-9-19/h2-14H,15H2,1H3,(H,23,25). The Hall–Kier alpha value is -3.60. The van der Waals surface area contributed by atoms with Crippen LogP contribution in [0.1, 0.15) is 26.3 Å². The minimum Gasteiger partial charge on any atom is -0.493 e. The van der Waals surface area contributed by atoms with Crippen LogP contribution in [0.25, 0.3) is 0 Å². The molecule has 3 aromatic carbocycles. The van der Waals surface area contributed by atoms with Gasteiger partial charge in [-0.2, -0.15) is 0 Å². The van der Waals surface area contributed by atoms with Gasteiger partial charge < -0.3 is 14.8 Å². The lowest BCUT2D eigenvalue weighted by atomic mass is 10.1. The first-order chi connectivity index (χ1) is 13.2. The number of hydrogen-bond acceptors (Lipinski definition) is 4. The largest absolute Gasteiger partial charge is 0.493 e. The maximum absolute atomic E-state index is 12.4. The summed E-state index contributed by atoms with van der Waals surface area (Å²) < 4.78 is 11.1. The molecule has 0 saturated carbocycles. The van der Waals surface area contributed by atoms with Crippen LogP contribution in [0.3, 0.4) is 0 Å². The van der Waals surface area contributed by atoms with Gasteiger partial charge in [-0.25, -0.2) is 0 Å². The summed E-state index contributed by atoms with van der Waals surface area (Å²) in [5, 5.41) is 2.86. The molecular formula is C22H19NO4. The van der Waals surface area contributed by atoms with Crippen LogP contribution in [0, 0.1) is 0 Å². The van der Waals surface area contributed by atoms with Gasteiger partial charge in [-0.05, 0) is 48.0 Å². The predicted molar refractivity (Wildman–Crippen MR) is 104 cm³/mol. The van der Waals surface area contributed by atoms with E-state index in [9.17, 15) is 9.59 Å². The molecule has 0 aromatic heterocycles. The second-order valence-electron chi connectivity index (χ2n) is 5.84. The molecule has 0 atom stereocenters. The number of ether oxygens (including phenoxy) is 2. The summed E-state index contributed by atoms with van der Waals surface area (Å²) in [6, 6.07) is 21.5. The van der Waals surface area contributed by atoms with E-state index in [4.69, 9.17) is 9.47 Å². The van der Waals surface area contributed by atoms with Crippen LogP contribution >= 0.6 is 0 Å². The minimum absolute atomic E-state index is 0.184. The maximum Gasteiger partial charge on any atom is 0.255 e. The van der Waals surface area contributed by atoms with Gasteiger partial charge in [0.15, 0.2) is 11.5 Å². The third-order valence-corrected chi connectivity index (χ3v) is 3.94. The molecule has 3 aromatic rings. The number of carbonyl (C=O) groups excluding carboxylic acids is 2. The summed E-state index contributed by atoms with van der Waals surface area (Å²) in [5.74, 6) is 0.829. The number of methoxy groups -OCH3 is 1. The van der Waals surface area contributed by atoms with Crippen LogP contribution in [-0.2, 0) is 6.61 Å². The van der Waals surface area contributed by atoms with E-state index in [1.165, 1.54) is 7.11 Å². The first kappa shape index (κ1) is 18.2. The Kier molecular flexibility index (Phi) is 5.84. The molecule has 0 saturated heterocycles. The van der Waals surface area contributed by atoms with E-state index in [-0.39, 0.29) is 12.5 Å². The molecule has 0 fully saturated rings. The first-order valence-electron chi connectivity index (χ1n) is 8.41. The van der Waals surface area contributed by atoms with Crippen LogP contribution in [0.15, 0.2) is 72.8 Å². The molecule has 0 aliphatic rings. The summed E-state index contributed by atoms with van der Waals surface area (Å²) in [5.41, 5.74) is 2.64. The van der Waals surface area contributed by atoms with E-state index < -0.39 is 0 Å². The minimum atomic E-state index is -0.184. The van der Waals surface area contributed by atoms with E-state index in [1.807, 2.05) is 42.5 Å². The molecule has 0 spiro atoms. The molecule has 3 rings (SSSR count). The molecule has 0 radical (unpaired) electrons. The number of carbonyl (C=O) groups is 2. The molecule has 0 bridgehead atoms. The topological polar surface area (TPSA) is 64.6 Å². The van der Waals surface area contributed by atoms with Crippen LogP contribution < -0.4 is 14.8 Å². The third-order valence-electron chi connectivity index (χ3n) is 3.94. The molecule has 1 N–H and O–H groups in total. The van der Waals surface area contributed by atoms with Crippen molar-refractivity contribution in [1.82, 2.24) is 0 Å². The van der Waals surface area contributed by atoms with Gasteiger partial charge in [-0.1, -0.05) is 30.3 Å². The molecular weight excluding hydrogens is 342 g/mol. The molecule has 0 unspecified atom stereocenters. The first-order valence-corrected chi connectivity index (χ1v) is 8.41. The lowest BCUT2D eigenvalue weighted by Gasteiger charge is -2.12. The highest BCUT2D eigenvalue weighted by Gasteiger charge is 2.09. The number of anilines is 1. The van der Waals surface area contributed by atoms with Gasteiger partial charge in [0.2, 0.25) is 0 Å². The van der Waals surface area contributed by atoms with Gasteiger partial charge in [0, 0.05) is 16.8 Å². The Bertz CT molecular complexity index is 938.